The van der Waals surface area contributed by atoms with Crippen LogP contribution in [0.2, 0.25) is 0 Å². The van der Waals surface area contributed by atoms with Crippen LogP contribution in [0.1, 0.15) is 43.6 Å². The second-order valence-corrected chi connectivity index (χ2v) is 6.76. The summed E-state index contributed by atoms with van der Waals surface area (Å²) in [5, 5.41) is 0. The molecule has 1 rings (SSSR count). The molecule has 0 aliphatic heterocycles. The Bertz CT molecular complexity index is 505. The molecule has 0 bridgehead atoms. The Morgan fingerprint density at radius 2 is 1.90 bits per heavy atom. The Balaban J connectivity index is 3.01. The number of carbonyl (C=O) groups is 1. The molecule has 0 saturated carbocycles. The molecule has 0 aromatic heterocycles. The second kappa shape index (κ2) is 6.35. The van der Waals surface area contributed by atoms with Gasteiger partial charge in [-0.25, -0.2) is 0 Å². The lowest BCUT2D eigenvalue weighted by Crippen LogP contribution is -2.36. The predicted molar refractivity (Wildman–Crippen MR) is 88.1 cm³/mol. The molecule has 1 unspecified atom stereocenters. The van der Waals surface area contributed by atoms with Gasteiger partial charge in [0, 0.05) is 25.1 Å². The van der Waals surface area contributed by atoms with Crippen LogP contribution in [0.25, 0.3) is 0 Å². The maximum Gasteiger partial charge on any atom is 0.253 e. The molecule has 0 heterocycles. The monoisotopic (exact) mass is 292 g/mol. The summed E-state index contributed by atoms with van der Waals surface area (Å²) in [5.74, 6) is 0.0272. The first-order valence-corrected chi connectivity index (χ1v) is 7.19. The highest BCUT2D eigenvalue weighted by atomic mass is 32.1. The zero-order valence-corrected chi connectivity index (χ0v) is 13.8. The van der Waals surface area contributed by atoms with Gasteiger partial charge in [0.1, 0.15) is 0 Å². The fraction of sp³-hybridized carbons (Fsp3) is 0.500. The molecule has 2 N–H and O–H groups in total. The second-order valence-electron chi connectivity index (χ2n) is 6.28. The number of rotatable bonds is 4. The van der Waals surface area contributed by atoms with Crippen LogP contribution >= 0.6 is 12.2 Å². The highest BCUT2D eigenvalue weighted by molar-refractivity contribution is 7.80. The van der Waals surface area contributed by atoms with Crippen LogP contribution in [-0.2, 0) is 5.41 Å². The lowest BCUT2D eigenvalue weighted by Gasteiger charge is -2.26. The van der Waals surface area contributed by atoms with Gasteiger partial charge in [-0.1, -0.05) is 58.1 Å². The fourth-order valence-corrected chi connectivity index (χ4v) is 2.19. The third kappa shape index (κ3) is 4.04. The number of carbonyl (C=O) groups excluding carboxylic acids is 1. The van der Waals surface area contributed by atoms with Crippen LogP contribution in [0.15, 0.2) is 24.3 Å². The summed E-state index contributed by atoms with van der Waals surface area (Å²) in [5.41, 5.74) is 7.35. The smallest absolute Gasteiger partial charge is 0.253 e. The van der Waals surface area contributed by atoms with Gasteiger partial charge in [0.15, 0.2) is 0 Å². The molecule has 1 aromatic carbocycles. The molecule has 0 fully saturated rings. The van der Waals surface area contributed by atoms with Crippen LogP contribution in [0.3, 0.4) is 0 Å². The third-order valence-corrected chi connectivity index (χ3v) is 3.75. The first-order valence-electron chi connectivity index (χ1n) is 6.79. The molecule has 3 nitrogen and oxygen atoms in total. The van der Waals surface area contributed by atoms with E-state index < -0.39 is 0 Å². The number of nitrogens with zero attached hydrogens (tertiary/aromatic N) is 1. The van der Waals surface area contributed by atoms with Crippen molar-refractivity contribution in [1.29, 1.82) is 0 Å². The molecule has 110 valence electrons. The van der Waals surface area contributed by atoms with E-state index >= 15 is 0 Å². The molecule has 1 atom stereocenters. The largest absolute Gasteiger partial charge is 0.393 e. The van der Waals surface area contributed by atoms with E-state index in [2.05, 4.69) is 20.8 Å². The minimum atomic E-state index is -0.0676. The van der Waals surface area contributed by atoms with E-state index in [1.807, 2.05) is 31.2 Å². The molecule has 0 radical (unpaired) electrons. The zero-order valence-electron chi connectivity index (χ0n) is 12.9. The lowest BCUT2D eigenvalue weighted by molar-refractivity contribution is 0.0784. The van der Waals surface area contributed by atoms with E-state index in [1.165, 1.54) is 0 Å². The van der Waals surface area contributed by atoms with Gasteiger partial charge in [0.25, 0.3) is 5.91 Å². The minimum absolute atomic E-state index is 0.0126. The normalized spacial score (nSPS) is 12.8. The Morgan fingerprint density at radius 3 is 2.40 bits per heavy atom. The average molecular weight is 292 g/mol. The van der Waals surface area contributed by atoms with Crippen molar-refractivity contribution in [2.24, 2.45) is 11.7 Å². The van der Waals surface area contributed by atoms with E-state index in [-0.39, 0.29) is 17.2 Å². The van der Waals surface area contributed by atoms with E-state index in [0.29, 0.717) is 11.5 Å². The number of benzene rings is 1. The van der Waals surface area contributed by atoms with Gasteiger partial charge < -0.3 is 10.6 Å². The van der Waals surface area contributed by atoms with E-state index in [9.17, 15) is 4.79 Å². The number of nitrogens with two attached hydrogens (primary N) is 1. The Labute approximate surface area is 127 Å². The first kappa shape index (κ1) is 16.6. The maximum atomic E-state index is 12.6. The van der Waals surface area contributed by atoms with Crippen LogP contribution in [0.4, 0.5) is 0 Å². The minimum Gasteiger partial charge on any atom is -0.393 e. The maximum absolute atomic E-state index is 12.6. The number of hydrogen-bond acceptors (Lipinski definition) is 2. The molecule has 0 aliphatic carbocycles. The Morgan fingerprint density at radius 1 is 1.35 bits per heavy atom. The van der Waals surface area contributed by atoms with Gasteiger partial charge in [0.2, 0.25) is 0 Å². The quantitative estimate of drug-likeness (QED) is 0.868. The summed E-state index contributed by atoms with van der Waals surface area (Å²) in [6, 6.07) is 7.76. The van der Waals surface area contributed by atoms with Crippen molar-refractivity contribution in [2.45, 2.75) is 33.1 Å². The highest BCUT2D eigenvalue weighted by Gasteiger charge is 2.23. The first-order chi connectivity index (χ1) is 9.14. The van der Waals surface area contributed by atoms with E-state index in [4.69, 9.17) is 18.0 Å². The Kier molecular flexibility index (Phi) is 5.28. The third-order valence-electron chi connectivity index (χ3n) is 3.35. The van der Waals surface area contributed by atoms with Gasteiger partial charge in [-0.3, -0.25) is 4.79 Å². The predicted octanol–water partition coefficient (Wildman–Crippen LogP) is 2.98. The van der Waals surface area contributed by atoms with Crippen LogP contribution in [0, 0.1) is 5.92 Å². The van der Waals surface area contributed by atoms with Crippen LogP contribution in [0.5, 0.6) is 0 Å². The summed E-state index contributed by atoms with van der Waals surface area (Å²) < 4.78 is 0. The number of thiocarbonyl (C=S) groups is 1. The summed E-state index contributed by atoms with van der Waals surface area (Å²) in [7, 11) is 1.79. The molecule has 1 aromatic rings. The van der Waals surface area contributed by atoms with Crippen molar-refractivity contribution in [3.63, 3.8) is 0 Å². The molecule has 0 saturated heterocycles. The van der Waals surface area contributed by atoms with E-state index in [0.717, 1.165) is 11.1 Å². The van der Waals surface area contributed by atoms with E-state index in [1.54, 1.807) is 11.9 Å². The van der Waals surface area contributed by atoms with Gasteiger partial charge in [-0.2, -0.15) is 0 Å². The van der Waals surface area contributed by atoms with Gasteiger partial charge >= 0.3 is 0 Å². The molecule has 20 heavy (non-hydrogen) atoms. The fourth-order valence-electron chi connectivity index (χ4n) is 2.11. The van der Waals surface area contributed by atoms with Gasteiger partial charge in [0.05, 0.1) is 4.99 Å². The van der Waals surface area contributed by atoms with Gasteiger partial charge in [-0.05, 0) is 17.0 Å². The van der Waals surface area contributed by atoms with Gasteiger partial charge in [-0.15, -0.1) is 0 Å². The average Bonchev–Trinajstić information content (AvgIpc) is 2.36. The molecule has 4 heteroatoms. The number of amides is 1. The topological polar surface area (TPSA) is 46.3 Å². The van der Waals surface area contributed by atoms with Crippen molar-refractivity contribution < 1.29 is 4.79 Å². The van der Waals surface area contributed by atoms with Crippen molar-refractivity contribution >= 4 is 23.1 Å². The molecule has 0 aliphatic rings. The van der Waals surface area contributed by atoms with Crippen molar-refractivity contribution in [3.8, 4) is 0 Å². The summed E-state index contributed by atoms with van der Waals surface area (Å²) in [6.07, 6.45) is 0. The summed E-state index contributed by atoms with van der Waals surface area (Å²) in [6.45, 7) is 8.79. The summed E-state index contributed by atoms with van der Waals surface area (Å²) >= 11 is 4.96. The van der Waals surface area contributed by atoms with Crippen LogP contribution < -0.4 is 5.73 Å². The molecule has 1 amide bonds. The Hall–Kier alpha value is -1.42. The standard InChI is InChI=1S/C16H24N2OS/c1-11(14(17)20)10-18(5)15(19)12-8-6-7-9-13(12)16(2,3)4/h6-9,11H,10H2,1-5H3,(H2,17,20). The summed E-state index contributed by atoms with van der Waals surface area (Å²) in [4.78, 5) is 14.7. The highest BCUT2D eigenvalue weighted by Crippen LogP contribution is 2.26. The molecular formula is C16H24N2OS. The molecular weight excluding hydrogens is 268 g/mol. The van der Waals surface area contributed by atoms with Crippen molar-refractivity contribution in [1.82, 2.24) is 4.90 Å². The SMILES string of the molecule is CC(CN(C)C(=O)c1ccccc1C(C)(C)C)C(N)=S. The van der Waals surface area contributed by atoms with Crippen LogP contribution in [-0.4, -0.2) is 29.4 Å². The van der Waals surface area contributed by atoms with Crippen molar-refractivity contribution in [2.75, 3.05) is 13.6 Å². The lowest BCUT2D eigenvalue weighted by atomic mass is 9.83. The zero-order chi connectivity index (χ0) is 15.5. The number of hydrogen-bond donors (Lipinski definition) is 1. The van der Waals surface area contributed by atoms with Crippen molar-refractivity contribution in [3.05, 3.63) is 35.4 Å². The molecule has 0 spiro atoms.